The summed E-state index contributed by atoms with van der Waals surface area (Å²) < 4.78 is 6.59. The van der Waals surface area contributed by atoms with E-state index in [4.69, 9.17) is 4.43 Å². The Morgan fingerprint density at radius 2 is 1.95 bits per heavy atom. The van der Waals surface area contributed by atoms with Crippen molar-refractivity contribution in [3.8, 4) is 0 Å². The van der Waals surface area contributed by atoms with Gasteiger partial charge >= 0.3 is 0 Å². The molecule has 3 unspecified atom stereocenters. The molecule has 2 fully saturated rings. The Bertz CT molecular complexity index is 506. The molecule has 0 aromatic heterocycles. The molecule has 0 aliphatic heterocycles. The van der Waals surface area contributed by atoms with E-state index < -0.39 is 8.32 Å². The number of allylic oxidation sites excluding steroid dienone is 6. The summed E-state index contributed by atoms with van der Waals surface area (Å²) in [5, 5.41) is 0.323. The number of hydrogen-bond acceptors (Lipinski definition) is 1. The Morgan fingerprint density at radius 3 is 2.59 bits per heavy atom. The van der Waals surface area contributed by atoms with Gasteiger partial charge in [-0.05, 0) is 60.2 Å². The molecule has 3 aliphatic carbocycles. The standard InChI is InChI=1S/C20H32OSi/c1-19(2,3)22(4,5)21-15-20-12-8-11-17(18(20)14-20)13-16-9-6-7-10-16/h6-7,9-10,13,17-18H,8,11-12,14-15H2,1-5H3. The second-order valence-corrected chi connectivity index (χ2v) is 14.0. The fourth-order valence-corrected chi connectivity index (χ4v) is 4.97. The van der Waals surface area contributed by atoms with Gasteiger partial charge in [-0.15, -0.1) is 0 Å². The van der Waals surface area contributed by atoms with Crippen LogP contribution in [0.4, 0.5) is 0 Å². The van der Waals surface area contributed by atoms with Crippen LogP contribution in [0, 0.1) is 17.3 Å². The van der Waals surface area contributed by atoms with Crippen molar-refractivity contribution in [1.29, 1.82) is 0 Å². The molecule has 0 aromatic rings. The summed E-state index contributed by atoms with van der Waals surface area (Å²) in [6.07, 6.45) is 16.8. The second-order valence-electron chi connectivity index (χ2n) is 9.16. The van der Waals surface area contributed by atoms with Crippen molar-refractivity contribution < 1.29 is 4.43 Å². The third-order valence-electron chi connectivity index (χ3n) is 6.60. The summed E-state index contributed by atoms with van der Waals surface area (Å²) in [7, 11) is -1.60. The average molecular weight is 317 g/mol. The van der Waals surface area contributed by atoms with Crippen LogP contribution in [-0.2, 0) is 4.43 Å². The molecule has 0 N–H and O–H groups in total. The highest BCUT2D eigenvalue weighted by Crippen LogP contribution is 2.64. The third kappa shape index (κ3) is 3.05. The monoisotopic (exact) mass is 316 g/mol. The van der Waals surface area contributed by atoms with Crippen LogP contribution in [0.1, 0.15) is 46.5 Å². The van der Waals surface area contributed by atoms with Crippen LogP contribution in [0.25, 0.3) is 0 Å². The fraction of sp³-hybridized carbons (Fsp3) is 0.700. The van der Waals surface area contributed by atoms with E-state index in [0.29, 0.717) is 10.5 Å². The van der Waals surface area contributed by atoms with Crippen LogP contribution in [0.5, 0.6) is 0 Å². The highest BCUT2D eigenvalue weighted by atomic mass is 28.4. The van der Waals surface area contributed by atoms with Gasteiger partial charge < -0.3 is 4.43 Å². The first-order valence-corrected chi connectivity index (χ1v) is 11.8. The summed E-state index contributed by atoms with van der Waals surface area (Å²) in [5.74, 6) is 1.65. The first kappa shape index (κ1) is 16.3. The maximum atomic E-state index is 6.59. The molecule has 2 heteroatoms. The molecule has 0 saturated heterocycles. The van der Waals surface area contributed by atoms with E-state index in [-0.39, 0.29) is 0 Å². The topological polar surface area (TPSA) is 9.23 Å². The third-order valence-corrected chi connectivity index (χ3v) is 11.1. The van der Waals surface area contributed by atoms with E-state index in [1.807, 2.05) is 0 Å². The van der Waals surface area contributed by atoms with E-state index in [9.17, 15) is 0 Å². The van der Waals surface area contributed by atoms with Crippen LogP contribution in [0.15, 0.2) is 36.0 Å². The molecule has 0 amide bonds. The van der Waals surface area contributed by atoms with Gasteiger partial charge in [-0.1, -0.05) is 57.6 Å². The molecule has 0 heterocycles. The number of fused-ring (bicyclic) bond motifs is 1. The van der Waals surface area contributed by atoms with Crippen LogP contribution < -0.4 is 0 Å². The summed E-state index contributed by atoms with van der Waals surface area (Å²) in [4.78, 5) is 0. The highest BCUT2D eigenvalue weighted by molar-refractivity contribution is 6.74. The minimum Gasteiger partial charge on any atom is -0.416 e. The maximum Gasteiger partial charge on any atom is 0.192 e. The number of rotatable bonds is 4. The minimum absolute atomic E-state index is 0.323. The quantitative estimate of drug-likeness (QED) is 0.590. The van der Waals surface area contributed by atoms with Crippen molar-refractivity contribution in [2.75, 3.05) is 6.61 Å². The van der Waals surface area contributed by atoms with Gasteiger partial charge in [0.25, 0.3) is 0 Å². The lowest BCUT2D eigenvalue weighted by atomic mass is 9.81. The maximum absolute atomic E-state index is 6.59. The van der Waals surface area contributed by atoms with E-state index in [0.717, 1.165) is 18.4 Å². The molecular formula is C20H32OSi. The van der Waals surface area contributed by atoms with Crippen molar-refractivity contribution in [2.24, 2.45) is 17.3 Å². The Hall–Kier alpha value is -0.603. The van der Waals surface area contributed by atoms with E-state index >= 15 is 0 Å². The Labute approximate surface area is 137 Å². The Balaban J connectivity index is 1.63. The molecule has 3 aliphatic rings. The molecule has 1 nitrogen and oxygen atoms in total. The minimum atomic E-state index is -1.60. The second kappa shape index (κ2) is 5.49. The van der Waals surface area contributed by atoms with Gasteiger partial charge in [-0.2, -0.15) is 0 Å². The first-order chi connectivity index (χ1) is 10.2. The normalized spacial score (nSPS) is 34.0. The van der Waals surface area contributed by atoms with Crippen molar-refractivity contribution in [2.45, 2.75) is 64.6 Å². The predicted octanol–water partition coefficient (Wildman–Crippen LogP) is 5.87. The average Bonchev–Trinajstić information content (AvgIpc) is 2.95. The van der Waals surface area contributed by atoms with E-state index in [2.05, 4.69) is 64.2 Å². The van der Waals surface area contributed by atoms with Gasteiger partial charge in [0.05, 0.1) is 0 Å². The summed E-state index contributed by atoms with van der Waals surface area (Å²) >= 11 is 0. The van der Waals surface area contributed by atoms with Crippen LogP contribution in [0.3, 0.4) is 0 Å². The SMILES string of the molecule is CC(C)(C)[Si](C)(C)OCC12CCCC(C=C3C=CC=C3)C1C2. The van der Waals surface area contributed by atoms with E-state index in [1.54, 1.807) is 0 Å². The lowest BCUT2D eigenvalue weighted by Crippen LogP contribution is -2.42. The highest BCUT2D eigenvalue weighted by Gasteiger charge is 2.59. The smallest absolute Gasteiger partial charge is 0.192 e. The zero-order chi connectivity index (χ0) is 16.0. The molecular weight excluding hydrogens is 284 g/mol. The number of hydrogen-bond donors (Lipinski definition) is 0. The summed E-state index contributed by atoms with van der Waals surface area (Å²) in [6.45, 7) is 12.8. The van der Waals surface area contributed by atoms with Crippen LogP contribution in [-0.4, -0.2) is 14.9 Å². The van der Waals surface area contributed by atoms with Crippen LogP contribution in [0.2, 0.25) is 18.1 Å². The first-order valence-electron chi connectivity index (χ1n) is 8.94. The molecule has 0 radical (unpaired) electrons. The molecule has 3 rings (SSSR count). The summed E-state index contributed by atoms with van der Waals surface area (Å²) in [6, 6.07) is 0. The Kier molecular flexibility index (Phi) is 4.06. The largest absolute Gasteiger partial charge is 0.416 e. The molecule has 0 spiro atoms. The predicted molar refractivity (Wildman–Crippen MR) is 97.4 cm³/mol. The molecule has 3 atom stereocenters. The van der Waals surface area contributed by atoms with Gasteiger partial charge in [-0.3, -0.25) is 0 Å². The lowest BCUT2D eigenvalue weighted by Gasteiger charge is -2.38. The van der Waals surface area contributed by atoms with Crippen molar-refractivity contribution in [3.05, 3.63) is 36.0 Å². The molecule has 22 heavy (non-hydrogen) atoms. The van der Waals surface area contributed by atoms with Crippen molar-refractivity contribution >= 4 is 8.32 Å². The van der Waals surface area contributed by atoms with Gasteiger partial charge in [0, 0.05) is 6.61 Å². The summed E-state index contributed by atoms with van der Waals surface area (Å²) in [5.41, 5.74) is 1.93. The van der Waals surface area contributed by atoms with Gasteiger partial charge in [0.15, 0.2) is 8.32 Å². The van der Waals surface area contributed by atoms with Gasteiger partial charge in [0.1, 0.15) is 0 Å². The van der Waals surface area contributed by atoms with Gasteiger partial charge in [0.2, 0.25) is 0 Å². The van der Waals surface area contributed by atoms with Crippen molar-refractivity contribution in [3.63, 3.8) is 0 Å². The van der Waals surface area contributed by atoms with E-state index in [1.165, 1.54) is 31.3 Å². The molecule has 0 bridgehead atoms. The zero-order valence-electron chi connectivity index (χ0n) is 15.0. The molecule has 0 aromatic carbocycles. The fourth-order valence-electron chi connectivity index (χ4n) is 3.89. The van der Waals surface area contributed by atoms with Crippen molar-refractivity contribution in [1.82, 2.24) is 0 Å². The van der Waals surface area contributed by atoms with Crippen LogP contribution >= 0.6 is 0 Å². The zero-order valence-corrected chi connectivity index (χ0v) is 16.0. The molecule has 122 valence electrons. The molecule has 2 saturated carbocycles. The lowest BCUT2D eigenvalue weighted by molar-refractivity contribution is 0.162. The Morgan fingerprint density at radius 1 is 1.27 bits per heavy atom. The van der Waals surface area contributed by atoms with Gasteiger partial charge in [-0.25, -0.2) is 0 Å².